The van der Waals surface area contributed by atoms with Crippen LogP contribution < -0.4 is 15.0 Å². The van der Waals surface area contributed by atoms with Gasteiger partial charge in [-0.1, -0.05) is 23.8 Å². The van der Waals surface area contributed by atoms with E-state index in [-0.39, 0.29) is 5.91 Å². The molecule has 1 unspecified atom stereocenters. The van der Waals surface area contributed by atoms with Crippen LogP contribution in [0.15, 0.2) is 48.5 Å². The first kappa shape index (κ1) is 16.4. The first-order valence-electron chi connectivity index (χ1n) is 8.39. The summed E-state index contributed by atoms with van der Waals surface area (Å²) in [6.45, 7) is 4.84. The van der Waals surface area contributed by atoms with Gasteiger partial charge in [0.25, 0.3) is 5.91 Å². The highest BCUT2D eigenvalue weighted by Crippen LogP contribution is 2.23. The van der Waals surface area contributed by atoms with Crippen LogP contribution in [-0.4, -0.2) is 32.7 Å². The van der Waals surface area contributed by atoms with Crippen molar-refractivity contribution in [2.45, 2.75) is 13.3 Å². The van der Waals surface area contributed by atoms with E-state index < -0.39 is 0 Å². The van der Waals surface area contributed by atoms with Crippen LogP contribution in [0.1, 0.15) is 22.3 Å². The molecule has 1 N–H and O–H groups in total. The first-order valence-corrected chi connectivity index (χ1v) is 8.39. The molecule has 1 saturated heterocycles. The molecule has 1 atom stereocenters. The lowest BCUT2D eigenvalue weighted by Gasteiger charge is -2.19. The highest BCUT2D eigenvalue weighted by molar-refractivity contribution is 5.94. The molecule has 0 aromatic heterocycles. The highest BCUT2D eigenvalue weighted by Gasteiger charge is 2.23. The highest BCUT2D eigenvalue weighted by atomic mass is 16.5. The lowest BCUT2D eigenvalue weighted by molar-refractivity contribution is 0.0948. The minimum absolute atomic E-state index is 0.0392. The third kappa shape index (κ3) is 3.88. The lowest BCUT2D eigenvalue weighted by atomic mass is 10.1. The maximum absolute atomic E-state index is 12.3. The summed E-state index contributed by atoms with van der Waals surface area (Å²) < 4.78 is 5.17. The second kappa shape index (κ2) is 7.39. The standard InChI is InChI=1S/C20H24N2O2/c1-15-6-8-18(9-7-15)22-11-10-16(14-22)13-21-20(23)17-4-3-5-19(12-17)24-2/h3-9,12,16H,10-11,13-14H2,1-2H3,(H,21,23). The predicted molar refractivity (Wildman–Crippen MR) is 96.8 cm³/mol. The van der Waals surface area contributed by atoms with Crippen LogP contribution in [0.25, 0.3) is 0 Å². The Bertz CT molecular complexity index is 697. The second-order valence-electron chi connectivity index (χ2n) is 6.38. The molecule has 1 aliphatic heterocycles. The van der Waals surface area contributed by atoms with Gasteiger partial charge in [-0.2, -0.15) is 0 Å². The molecule has 24 heavy (non-hydrogen) atoms. The molecule has 126 valence electrons. The Labute approximate surface area is 143 Å². The molecule has 3 rings (SSSR count). The first-order chi connectivity index (χ1) is 11.7. The van der Waals surface area contributed by atoms with Crippen molar-refractivity contribution in [1.29, 1.82) is 0 Å². The maximum atomic E-state index is 12.3. The summed E-state index contributed by atoms with van der Waals surface area (Å²) in [6.07, 6.45) is 1.10. The maximum Gasteiger partial charge on any atom is 0.251 e. The number of carbonyl (C=O) groups excluding carboxylic acids is 1. The zero-order valence-corrected chi connectivity index (χ0v) is 14.3. The van der Waals surface area contributed by atoms with Gasteiger partial charge in [-0.05, 0) is 49.6 Å². The SMILES string of the molecule is COc1cccc(C(=O)NCC2CCN(c3ccc(C)cc3)C2)c1. The quantitative estimate of drug-likeness (QED) is 0.918. The number of hydrogen-bond donors (Lipinski definition) is 1. The van der Waals surface area contributed by atoms with Crippen LogP contribution in [-0.2, 0) is 0 Å². The summed E-state index contributed by atoms with van der Waals surface area (Å²) in [6, 6.07) is 15.9. The van der Waals surface area contributed by atoms with Crippen molar-refractivity contribution in [3.8, 4) is 5.75 Å². The summed E-state index contributed by atoms with van der Waals surface area (Å²) in [4.78, 5) is 14.7. The third-order valence-corrected chi connectivity index (χ3v) is 4.57. The average Bonchev–Trinajstić information content (AvgIpc) is 3.09. The molecule has 1 heterocycles. The number of amides is 1. The lowest BCUT2D eigenvalue weighted by Crippen LogP contribution is -2.31. The fourth-order valence-electron chi connectivity index (χ4n) is 3.09. The fraction of sp³-hybridized carbons (Fsp3) is 0.350. The summed E-state index contributed by atoms with van der Waals surface area (Å²) in [7, 11) is 1.61. The van der Waals surface area contributed by atoms with E-state index in [9.17, 15) is 4.79 Å². The van der Waals surface area contributed by atoms with Crippen LogP contribution in [0.2, 0.25) is 0 Å². The number of aryl methyl sites for hydroxylation is 1. The van der Waals surface area contributed by atoms with Gasteiger partial charge in [0.05, 0.1) is 7.11 Å². The van der Waals surface area contributed by atoms with Crippen LogP contribution in [0.5, 0.6) is 5.75 Å². The molecule has 0 saturated carbocycles. The number of carbonyl (C=O) groups is 1. The number of hydrogen-bond acceptors (Lipinski definition) is 3. The van der Waals surface area contributed by atoms with Gasteiger partial charge < -0.3 is 15.0 Å². The Kier molecular flexibility index (Phi) is 5.04. The van der Waals surface area contributed by atoms with Crippen molar-refractivity contribution in [2.75, 3.05) is 31.6 Å². The Morgan fingerprint density at radius 2 is 2.04 bits per heavy atom. The summed E-state index contributed by atoms with van der Waals surface area (Å²) in [5.41, 5.74) is 3.19. The fourth-order valence-corrected chi connectivity index (χ4v) is 3.09. The van der Waals surface area contributed by atoms with Crippen molar-refractivity contribution < 1.29 is 9.53 Å². The van der Waals surface area contributed by atoms with E-state index in [1.165, 1.54) is 11.3 Å². The van der Waals surface area contributed by atoms with Gasteiger partial charge in [0, 0.05) is 30.9 Å². The van der Waals surface area contributed by atoms with Gasteiger partial charge in [0.1, 0.15) is 5.75 Å². The number of benzene rings is 2. The van der Waals surface area contributed by atoms with Crippen molar-refractivity contribution in [3.05, 3.63) is 59.7 Å². The van der Waals surface area contributed by atoms with E-state index in [2.05, 4.69) is 41.4 Å². The molecule has 2 aromatic rings. The van der Waals surface area contributed by atoms with Gasteiger partial charge in [-0.25, -0.2) is 0 Å². The summed E-state index contributed by atoms with van der Waals surface area (Å²) in [5.74, 6) is 1.15. The number of nitrogens with zero attached hydrogens (tertiary/aromatic N) is 1. The van der Waals surface area contributed by atoms with E-state index in [0.717, 1.165) is 19.5 Å². The Morgan fingerprint density at radius 1 is 1.25 bits per heavy atom. The number of ether oxygens (including phenoxy) is 1. The zero-order valence-electron chi connectivity index (χ0n) is 14.3. The van der Waals surface area contributed by atoms with Gasteiger partial charge in [-0.3, -0.25) is 4.79 Å². The predicted octanol–water partition coefficient (Wildman–Crippen LogP) is 3.26. The van der Waals surface area contributed by atoms with E-state index in [0.29, 0.717) is 23.8 Å². The molecule has 4 heteroatoms. The Hall–Kier alpha value is -2.49. The Morgan fingerprint density at radius 3 is 2.79 bits per heavy atom. The molecule has 0 radical (unpaired) electrons. The molecule has 1 fully saturated rings. The summed E-state index contributed by atoms with van der Waals surface area (Å²) >= 11 is 0. The van der Waals surface area contributed by atoms with Crippen molar-refractivity contribution in [2.24, 2.45) is 5.92 Å². The smallest absolute Gasteiger partial charge is 0.251 e. The minimum Gasteiger partial charge on any atom is -0.497 e. The minimum atomic E-state index is -0.0392. The number of methoxy groups -OCH3 is 1. The van der Waals surface area contributed by atoms with Crippen molar-refractivity contribution >= 4 is 11.6 Å². The van der Waals surface area contributed by atoms with E-state index >= 15 is 0 Å². The molecular weight excluding hydrogens is 300 g/mol. The second-order valence-corrected chi connectivity index (χ2v) is 6.38. The van der Waals surface area contributed by atoms with E-state index in [1.54, 1.807) is 13.2 Å². The van der Waals surface area contributed by atoms with Gasteiger partial charge in [0.15, 0.2) is 0 Å². The molecule has 0 bridgehead atoms. The molecule has 2 aromatic carbocycles. The molecule has 1 amide bonds. The van der Waals surface area contributed by atoms with Crippen LogP contribution in [0.4, 0.5) is 5.69 Å². The van der Waals surface area contributed by atoms with E-state index in [1.807, 2.05) is 18.2 Å². The van der Waals surface area contributed by atoms with Crippen molar-refractivity contribution in [3.63, 3.8) is 0 Å². The van der Waals surface area contributed by atoms with Crippen LogP contribution >= 0.6 is 0 Å². The molecule has 0 aliphatic carbocycles. The zero-order chi connectivity index (χ0) is 16.9. The number of nitrogens with one attached hydrogen (secondary N) is 1. The number of anilines is 1. The Balaban J connectivity index is 1.52. The largest absolute Gasteiger partial charge is 0.497 e. The monoisotopic (exact) mass is 324 g/mol. The molecular formula is C20H24N2O2. The van der Waals surface area contributed by atoms with Gasteiger partial charge in [0.2, 0.25) is 0 Å². The molecule has 1 aliphatic rings. The average molecular weight is 324 g/mol. The summed E-state index contributed by atoms with van der Waals surface area (Å²) in [5, 5.41) is 3.05. The topological polar surface area (TPSA) is 41.6 Å². The molecule has 4 nitrogen and oxygen atoms in total. The third-order valence-electron chi connectivity index (χ3n) is 4.57. The van der Waals surface area contributed by atoms with Crippen molar-refractivity contribution in [1.82, 2.24) is 5.32 Å². The normalized spacial score (nSPS) is 16.9. The number of rotatable bonds is 5. The molecule has 0 spiro atoms. The van der Waals surface area contributed by atoms with Gasteiger partial charge in [-0.15, -0.1) is 0 Å². The van der Waals surface area contributed by atoms with E-state index in [4.69, 9.17) is 4.74 Å². The van der Waals surface area contributed by atoms with Crippen LogP contribution in [0.3, 0.4) is 0 Å². The van der Waals surface area contributed by atoms with Crippen LogP contribution in [0, 0.1) is 12.8 Å². The van der Waals surface area contributed by atoms with Gasteiger partial charge >= 0.3 is 0 Å².